The van der Waals surface area contributed by atoms with E-state index in [0.717, 1.165) is 0 Å². The molecule has 0 spiro atoms. The Kier molecular flexibility index (Phi) is 7.91. The van der Waals surface area contributed by atoms with Crippen molar-refractivity contribution in [1.29, 1.82) is 0 Å². The number of benzene rings is 4. The van der Waals surface area contributed by atoms with Crippen LogP contribution < -0.4 is 4.57 Å². The average Bonchev–Trinajstić information content (AvgIpc) is 3.45. The van der Waals surface area contributed by atoms with Gasteiger partial charge in [-0.05, 0) is 48.3 Å². The van der Waals surface area contributed by atoms with Crippen LogP contribution in [0.25, 0.3) is 32.9 Å². The number of hydrogen-bond acceptors (Lipinski definition) is 0. The lowest BCUT2D eigenvalue weighted by atomic mass is 9.84. The molecule has 210 valence electrons. The second-order valence-corrected chi connectivity index (χ2v) is 12.8. The Morgan fingerprint density at radius 1 is 0.512 bits per heavy atom. The molecule has 2 fully saturated rings. The Bertz CT molecular complexity index is 1490. The van der Waals surface area contributed by atoms with Crippen molar-refractivity contribution < 1.29 is 4.57 Å². The van der Waals surface area contributed by atoms with Crippen LogP contribution in [0.4, 0.5) is 0 Å². The van der Waals surface area contributed by atoms with Crippen molar-refractivity contribution >= 4 is 21.5 Å². The fourth-order valence-corrected chi connectivity index (χ4v) is 7.93. The average molecular weight is 542 g/mol. The lowest BCUT2D eigenvalue weighted by molar-refractivity contribution is -0.593. The minimum absolute atomic E-state index is 0.633. The van der Waals surface area contributed by atoms with Crippen LogP contribution in [0, 0.1) is 0 Å². The quantitative estimate of drug-likeness (QED) is 0.200. The minimum Gasteiger partial charge on any atom is -0.201 e. The first-order valence-corrected chi connectivity index (χ1v) is 16.5. The maximum atomic E-state index is 2.45. The molecule has 0 aliphatic heterocycles. The third kappa shape index (κ3) is 5.46. The molecule has 0 atom stereocenters. The monoisotopic (exact) mass is 541 g/mol. The molecule has 4 aromatic carbocycles. The number of nitrogens with zero attached hydrogens (tertiary/aromatic N) is 2. The standard InChI is InChI=1S/C39H45N2/c1-3-7-15-30(16-8-4-1)36-25-23-32-19-11-13-21-34(32)38(36)40-27-28-41(29-40)39-35-22-14-12-20-33(35)24-26-37(39)31-17-9-5-2-6-10-18-31/h11-14,19-31H,1-10,15-18H2/q+1. The van der Waals surface area contributed by atoms with E-state index in [1.165, 1.54) is 134 Å². The van der Waals surface area contributed by atoms with Crippen LogP contribution in [0.5, 0.6) is 0 Å². The molecule has 2 nitrogen and oxygen atoms in total. The molecule has 0 amide bonds. The van der Waals surface area contributed by atoms with E-state index in [9.17, 15) is 0 Å². The van der Waals surface area contributed by atoms with Crippen molar-refractivity contribution in [2.24, 2.45) is 0 Å². The zero-order valence-electron chi connectivity index (χ0n) is 24.6. The fraction of sp³-hybridized carbons (Fsp3) is 0.410. The molecule has 41 heavy (non-hydrogen) atoms. The van der Waals surface area contributed by atoms with E-state index in [1.807, 2.05) is 0 Å². The molecule has 0 N–H and O–H groups in total. The molecule has 7 rings (SSSR count). The van der Waals surface area contributed by atoms with Gasteiger partial charge in [0.25, 0.3) is 6.33 Å². The van der Waals surface area contributed by atoms with Crippen LogP contribution >= 0.6 is 0 Å². The highest BCUT2D eigenvalue weighted by Gasteiger charge is 2.26. The molecular formula is C39H45N2+. The summed E-state index contributed by atoms with van der Waals surface area (Å²) in [4.78, 5) is 0. The van der Waals surface area contributed by atoms with Gasteiger partial charge in [-0.2, -0.15) is 0 Å². The van der Waals surface area contributed by atoms with Crippen molar-refractivity contribution in [3.63, 3.8) is 0 Å². The van der Waals surface area contributed by atoms with Gasteiger partial charge >= 0.3 is 0 Å². The Morgan fingerprint density at radius 3 is 1.68 bits per heavy atom. The zero-order chi connectivity index (χ0) is 27.4. The molecule has 5 aromatic rings. The first-order valence-electron chi connectivity index (χ1n) is 16.5. The van der Waals surface area contributed by atoms with E-state index in [2.05, 4.69) is 101 Å². The van der Waals surface area contributed by atoms with Gasteiger partial charge in [-0.1, -0.05) is 137 Å². The molecule has 2 aliphatic carbocycles. The molecule has 2 aliphatic rings. The molecule has 0 bridgehead atoms. The van der Waals surface area contributed by atoms with Gasteiger partial charge in [-0.15, -0.1) is 0 Å². The Balaban J connectivity index is 1.37. The highest BCUT2D eigenvalue weighted by atomic mass is 15.1. The second kappa shape index (κ2) is 12.2. The first kappa shape index (κ1) is 26.5. The maximum Gasteiger partial charge on any atom is 0.254 e. The van der Waals surface area contributed by atoms with Crippen LogP contribution in [-0.2, 0) is 0 Å². The van der Waals surface area contributed by atoms with E-state index >= 15 is 0 Å². The highest BCUT2D eigenvalue weighted by Crippen LogP contribution is 2.39. The Morgan fingerprint density at radius 2 is 1.02 bits per heavy atom. The van der Waals surface area contributed by atoms with Crippen molar-refractivity contribution in [3.8, 4) is 11.4 Å². The van der Waals surface area contributed by atoms with Crippen LogP contribution in [0.3, 0.4) is 0 Å². The van der Waals surface area contributed by atoms with E-state index in [0.29, 0.717) is 11.8 Å². The number of fused-ring (bicyclic) bond motifs is 2. The van der Waals surface area contributed by atoms with Crippen molar-refractivity contribution in [2.75, 3.05) is 0 Å². The van der Waals surface area contributed by atoms with Gasteiger partial charge < -0.3 is 0 Å². The SMILES string of the molecule is c1ccc2c(-n3cc[n+](-c4c(C5CCCCCCC5)ccc5ccccc45)c3)c(C3CCCCCCC3)ccc2c1. The number of hydrogen-bond donors (Lipinski definition) is 0. The van der Waals surface area contributed by atoms with Crippen molar-refractivity contribution in [1.82, 2.24) is 4.57 Å². The summed E-state index contributed by atoms with van der Waals surface area (Å²) in [6.07, 6.45) is 26.0. The Labute approximate surface area is 246 Å². The fourth-order valence-electron chi connectivity index (χ4n) is 7.93. The van der Waals surface area contributed by atoms with E-state index in [1.54, 1.807) is 0 Å². The van der Waals surface area contributed by atoms with Gasteiger partial charge in [0.05, 0.1) is 0 Å². The van der Waals surface area contributed by atoms with Crippen LogP contribution in [0.15, 0.2) is 91.5 Å². The maximum absolute atomic E-state index is 2.45. The number of rotatable bonds is 4. The lowest BCUT2D eigenvalue weighted by Gasteiger charge is -2.23. The van der Waals surface area contributed by atoms with Gasteiger partial charge in [0, 0.05) is 21.9 Å². The predicted octanol–water partition coefficient (Wildman–Crippen LogP) is 10.7. The summed E-state index contributed by atoms with van der Waals surface area (Å²) in [5, 5.41) is 5.40. The van der Waals surface area contributed by atoms with E-state index in [-0.39, 0.29) is 0 Å². The van der Waals surface area contributed by atoms with Crippen molar-refractivity contribution in [3.05, 3.63) is 103 Å². The minimum atomic E-state index is 0.633. The largest absolute Gasteiger partial charge is 0.254 e. The van der Waals surface area contributed by atoms with Gasteiger partial charge in [0.1, 0.15) is 23.8 Å². The summed E-state index contributed by atoms with van der Waals surface area (Å²) in [6, 6.07) is 27.6. The van der Waals surface area contributed by atoms with E-state index < -0.39 is 0 Å². The molecule has 1 heterocycles. The summed E-state index contributed by atoms with van der Waals surface area (Å²) in [6.45, 7) is 0. The molecule has 0 saturated heterocycles. The van der Waals surface area contributed by atoms with Crippen LogP contribution in [0.1, 0.15) is 113 Å². The molecule has 2 heteroatoms. The van der Waals surface area contributed by atoms with Gasteiger partial charge in [-0.25, -0.2) is 9.13 Å². The van der Waals surface area contributed by atoms with Gasteiger partial charge in [-0.3, -0.25) is 0 Å². The van der Waals surface area contributed by atoms with E-state index in [4.69, 9.17) is 0 Å². The Hall–Kier alpha value is -3.39. The number of aromatic nitrogens is 2. The summed E-state index contributed by atoms with van der Waals surface area (Å²) in [5.74, 6) is 1.27. The molecule has 0 radical (unpaired) electrons. The molecule has 0 unspecified atom stereocenters. The summed E-state index contributed by atoms with van der Waals surface area (Å²) in [7, 11) is 0. The second-order valence-electron chi connectivity index (χ2n) is 12.8. The van der Waals surface area contributed by atoms with Crippen LogP contribution in [-0.4, -0.2) is 4.57 Å². The predicted molar refractivity (Wildman–Crippen MR) is 172 cm³/mol. The third-order valence-electron chi connectivity index (χ3n) is 10.1. The normalized spacial score (nSPS) is 18.1. The first-order chi connectivity index (χ1) is 20.4. The molecule has 1 aromatic heterocycles. The summed E-state index contributed by atoms with van der Waals surface area (Å²) in [5.41, 5.74) is 5.85. The highest BCUT2D eigenvalue weighted by molar-refractivity contribution is 5.92. The topological polar surface area (TPSA) is 8.81 Å². The smallest absolute Gasteiger partial charge is 0.201 e. The van der Waals surface area contributed by atoms with Crippen LogP contribution in [0.2, 0.25) is 0 Å². The summed E-state index contributed by atoms with van der Waals surface area (Å²) < 4.78 is 4.89. The van der Waals surface area contributed by atoms with Gasteiger partial charge in [0.15, 0.2) is 0 Å². The summed E-state index contributed by atoms with van der Waals surface area (Å²) >= 11 is 0. The third-order valence-corrected chi connectivity index (χ3v) is 10.1. The lowest BCUT2D eigenvalue weighted by Crippen LogP contribution is -2.30. The van der Waals surface area contributed by atoms with Crippen molar-refractivity contribution in [2.45, 2.75) is 102 Å². The molecular weight excluding hydrogens is 496 g/mol. The zero-order valence-corrected chi connectivity index (χ0v) is 24.6. The molecule has 2 saturated carbocycles. The number of imidazole rings is 1. The van der Waals surface area contributed by atoms with Gasteiger partial charge in [0.2, 0.25) is 0 Å².